The van der Waals surface area contributed by atoms with Gasteiger partial charge in [0, 0.05) is 12.5 Å². The van der Waals surface area contributed by atoms with Crippen LogP contribution >= 0.6 is 0 Å². The van der Waals surface area contributed by atoms with Crippen molar-refractivity contribution in [2.24, 2.45) is 5.92 Å². The summed E-state index contributed by atoms with van der Waals surface area (Å²) in [5.41, 5.74) is 0. The van der Waals surface area contributed by atoms with Gasteiger partial charge in [-0.1, -0.05) is 13.3 Å². The number of nitrogens with one attached hydrogen (secondary N) is 1. The van der Waals surface area contributed by atoms with E-state index in [1.165, 1.54) is 13.5 Å². The minimum Gasteiger partial charge on any atom is -0.463 e. The van der Waals surface area contributed by atoms with E-state index >= 15 is 0 Å². The van der Waals surface area contributed by atoms with E-state index in [1.807, 2.05) is 0 Å². The normalized spacial score (nSPS) is 26.0. The second kappa shape index (κ2) is 5.85. The molecule has 0 bridgehead atoms. The quantitative estimate of drug-likeness (QED) is 0.557. The van der Waals surface area contributed by atoms with Crippen molar-refractivity contribution in [3.63, 3.8) is 0 Å². The van der Waals surface area contributed by atoms with E-state index in [1.54, 1.807) is 0 Å². The molecule has 0 saturated carbocycles. The summed E-state index contributed by atoms with van der Waals surface area (Å²) in [6.07, 6.45) is 3.56. The number of ether oxygens (including phenoxy) is 1. The molecule has 0 spiro atoms. The molecule has 4 heteroatoms. The van der Waals surface area contributed by atoms with Gasteiger partial charge in [-0.15, -0.1) is 0 Å². The van der Waals surface area contributed by atoms with Crippen LogP contribution in [0.3, 0.4) is 0 Å². The van der Waals surface area contributed by atoms with Crippen molar-refractivity contribution in [3.05, 3.63) is 0 Å². The van der Waals surface area contributed by atoms with Crippen LogP contribution in [0.5, 0.6) is 0 Å². The van der Waals surface area contributed by atoms with Gasteiger partial charge >= 0.3 is 5.97 Å². The third-order valence-corrected chi connectivity index (χ3v) is 3.03. The minimum absolute atomic E-state index is 0.148. The Morgan fingerprint density at radius 1 is 1.47 bits per heavy atom. The SMILES string of the molecule is CCC1CCNC(CC(=O)C(=O)OC)C1. The smallest absolute Gasteiger partial charge is 0.374 e. The maximum atomic E-state index is 11.3. The van der Waals surface area contributed by atoms with Crippen molar-refractivity contribution in [2.75, 3.05) is 13.7 Å². The number of hydrogen-bond acceptors (Lipinski definition) is 4. The summed E-state index contributed by atoms with van der Waals surface area (Å²) in [5, 5.41) is 3.26. The highest BCUT2D eigenvalue weighted by Gasteiger charge is 2.25. The van der Waals surface area contributed by atoms with E-state index < -0.39 is 11.8 Å². The molecule has 1 heterocycles. The molecule has 15 heavy (non-hydrogen) atoms. The molecule has 0 aromatic carbocycles. The molecule has 1 fully saturated rings. The maximum Gasteiger partial charge on any atom is 0.374 e. The fourth-order valence-electron chi connectivity index (χ4n) is 2.04. The molecule has 1 N–H and O–H groups in total. The lowest BCUT2D eigenvalue weighted by atomic mass is 9.88. The molecule has 0 amide bonds. The first kappa shape index (κ1) is 12.2. The first-order valence-electron chi connectivity index (χ1n) is 5.51. The number of methoxy groups -OCH3 is 1. The first-order valence-corrected chi connectivity index (χ1v) is 5.51. The Bertz CT molecular complexity index is 240. The van der Waals surface area contributed by atoms with Crippen LogP contribution in [0.1, 0.15) is 32.6 Å². The summed E-state index contributed by atoms with van der Waals surface area (Å²) >= 11 is 0. The van der Waals surface area contributed by atoms with Crippen LogP contribution in [0.2, 0.25) is 0 Å². The standard InChI is InChI=1S/C11H19NO3/c1-3-8-4-5-12-9(6-8)7-10(13)11(14)15-2/h8-9,12H,3-7H2,1-2H3. The third-order valence-electron chi connectivity index (χ3n) is 3.03. The number of piperidine rings is 1. The molecule has 4 nitrogen and oxygen atoms in total. The Balaban J connectivity index is 2.37. The largest absolute Gasteiger partial charge is 0.463 e. The van der Waals surface area contributed by atoms with Crippen LogP contribution in [0.4, 0.5) is 0 Å². The van der Waals surface area contributed by atoms with Gasteiger partial charge in [0.05, 0.1) is 7.11 Å². The second-order valence-electron chi connectivity index (χ2n) is 4.07. The summed E-state index contributed by atoms with van der Waals surface area (Å²) in [4.78, 5) is 22.3. The third kappa shape index (κ3) is 3.63. The van der Waals surface area contributed by atoms with Gasteiger partial charge in [0.2, 0.25) is 5.78 Å². The van der Waals surface area contributed by atoms with Crippen molar-refractivity contribution < 1.29 is 14.3 Å². The highest BCUT2D eigenvalue weighted by molar-refractivity contribution is 6.33. The van der Waals surface area contributed by atoms with Crippen molar-refractivity contribution in [3.8, 4) is 0 Å². The summed E-state index contributed by atoms with van der Waals surface area (Å²) in [6.45, 7) is 3.10. The molecule has 2 unspecified atom stereocenters. The van der Waals surface area contributed by atoms with Crippen LogP contribution in [0.15, 0.2) is 0 Å². The summed E-state index contributed by atoms with van der Waals surface area (Å²) < 4.78 is 4.39. The summed E-state index contributed by atoms with van der Waals surface area (Å²) in [5.74, 6) is -0.469. The Kier molecular flexibility index (Phi) is 4.75. The lowest BCUT2D eigenvalue weighted by Crippen LogP contribution is -2.40. The van der Waals surface area contributed by atoms with Gasteiger partial charge in [-0.25, -0.2) is 4.79 Å². The highest BCUT2D eigenvalue weighted by Crippen LogP contribution is 2.20. The molecule has 1 saturated heterocycles. The molecule has 86 valence electrons. The van der Waals surface area contributed by atoms with Gasteiger partial charge in [-0.3, -0.25) is 4.79 Å². The Hall–Kier alpha value is -0.900. The van der Waals surface area contributed by atoms with E-state index in [0.717, 1.165) is 19.4 Å². The van der Waals surface area contributed by atoms with E-state index in [-0.39, 0.29) is 12.5 Å². The van der Waals surface area contributed by atoms with Crippen molar-refractivity contribution >= 4 is 11.8 Å². The maximum absolute atomic E-state index is 11.3. The molecule has 1 rings (SSSR count). The second-order valence-corrected chi connectivity index (χ2v) is 4.07. The van der Waals surface area contributed by atoms with Gasteiger partial charge in [0.1, 0.15) is 0 Å². The van der Waals surface area contributed by atoms with E-state index in [2.05, 4.69) is 17.0 Å². The zero-order valence-corrected chi connectivity index (χ0v) is 9.41. The van der Waals surface area contributed by atoms with Gasteiger partial charge < -0.3 is 10.1 Å². The molecule has 1 aliphatic heterocycles. The number of carbonyl (C=O) groups excluding carboxylic acids is 2. The average molecular weight is 213 g/mol. The number of esters is 1. The van der Waals surface area contributed by atoms with Gasteiger partial charge in [-0.2, -0.15) is 0 Å². The molecule has 1 aliphatic rings. The molecular weight excluding hydrogens is 194 g/mol. The summed E-state index contributed by atoms with van der Waals surface area (Å²) in [6, 6.07) is 0.148. The zero-order chi connectivity index (χ0) is 11.3. The van der Waals surface area contributed by atoms with Gasteiger partial charge in [0.25, 0.3) is 0 Å². The van der Waals surface area contributed by atoms with Crippen molar-refractivity contribution in [1.82, 2.24) is 5.32 Å². The predicted octanol–water partition coefficient (Wildman–Crippen LogP) is 0.897. The number of hydrogen-bond donors (Lipinski definition) is 1. The molecule has 0 radical (unpaired) electrons. The van der Waals surface area contributed by atoms with E-state index in [4.69, 9.17) is 0 Å². The Labute approximate surface area is 90.4 Å². The number of Topliss-reactive ketones (excluding diaryl/α,β-unsaturated/α-hetero) is 1. The average Bonchev–Trinajstić information content (AvgIpc) is 2.28. The van der Waals surface area contributed by atoms with Gasteiger partial charge in [-0.05, 0) is 25.3 Å². The number of rotatable bonds is 4. The topological polar surface area (TPSA) is 55.4 Å². The molecule has 2 atom stereocenters. The summed E-state index contributed by atoms with van der Waals surface area (Å²) in [7, 11) is 1.24. The number of carbonyl (C=O) groups is 2. The minimum atomic E-state index is -0.726. The van der Waals surface area contributed by atoms with Crippen molar-refractivity contribution in [2.45, 2.75) is 38.6 Å². The van der Waals surface area contributed by atoms with Crippen molar-refractivity contribution in [1.29, 1.82) is 0 Å². The lowest BCUT2D eigenvalue weighted by molar-refractivity contribution is -0.152. The molecule has 0 aromatic rings. The molecular formula is C11H19NO3. The Morgan fingerprint density at radius 2 is 2.20 bits per heavy atom. The fraction of sp³-hybridized carbons (Fsp3) is 0.818. The van der Waals surface area contributed by atoms with Gasteiger partial charge in [0.15, 0.2) is 0 Å². The fourth-order valence-corrected chi connectivity index (χ4v) is 2.04. The molecule has 0 aliphatic carbocycles. The highest BCUT2D eigenvalue weighted by atomic mass is 16.5. The van der Waals surface area contributed by atoms with E-state index in [9.17, 15) is 9.59 Å². The zero-order valence-electron chi connectivity index (χ0n) is 9.41. The van der Waals surface area contributed by atoms with Crippen LogP contribution in [0, 0.1) is 5.92 Å². The lowest BCUT2D eigenvalue weighted by Gasteiger charge is -2.29. The van der Waals surface area contributed by atoms with Crippen LogP contribution in [0.25, 0.3) is 0 Å². The monoisotopic (exact) mass is 213 g/mol. The number of ketones is 1. The molecule has 0 aromatic heterocycles. The Morgan fingerprint density at radius 3 is 2.80 bits per heavy atom. The van der Waals surface area contributed by atoms with E-state index in [0.29, 0.717) is 5.92 Å². The predicted molar refractivity (Wildman–Crippen MR) is 56.4 cm³/mol. The first-order chi connectivity index (χ1) is 7.17. The van der Waals surface area contributed by atoms with Crippen LogP contribution in [-0.2, 0) is 14.3 Å². The van der Waals surface area contributed by atoms with Crippen LogP contribution < -0.4 is 5.32 Å². The van der Waals surface area contributed by atoms with Crippen LogP contribution in [-0.4, -0.2) is 31.4 Å².